The second-order valence-electron chi connectivity index (χ2n) is 4.44. The summed E-state index contributed by atoms with van der Waals surface area (Å²) in [5, 5.41) is 3.81. The monoisotopic (exact) mass is 289 g/mol. The van der Waals surface area contributed by atoms with E-state index in [-0.39, 0.29) is 0 Å². The fraction of sp³-hybridized carbons (Fsp3) is 0.0667. The lowest BCUT2D eigenvalue weighted by molar-refractivity contribution is -0.137. The molecule has 1 N–H and O–H groups in total. The molecule has 0 unspecified atom stereocenters. The zero-order chi connectivity index (χ0) is 14.9. The maximum atomic E-state index is 12.5. The van der Waals surface area contributed by atoms with Gasteiger partial charge >= 0.3 is 6.18 Å². The lowest BCUT2D eigenvalue weighted by Crippen LogP contribution is -2.04. The van der Waals surface area contributed by atoms with Crippen LogP contribution in [-0.2, 0) is 6.18 Å². The molecule has 0 spiro atoms. The highest BCUT2D eigenvalue weighted by Crippen LogP contribution is 2.30. The molecule has 3 aromatic rings. The largest absolute Gasteiger partial charge is 0.416 e. The first-order valence-electron chi connectivity index (χ1n) is 6.18. The zero-order valence-corrected chi connectivity index (χ0v) is 10.7. The van der Waals surface area contributed by atoms with Crippen LogP contribution in [0.2, 0.25) is 0 Å². The van der Waals surface area contributed by atoms with Gasteiger partial charge in [-0.2, -0.15) is 13.2 Å². The number of anilines is 2. The molecular weight excluding hydrogens is 279 g/mol. The predicted octanol–water partition coefficient (Wildman–Crippen LogP) is 4.39. The average molecular weight is 289 g/mol. The van der Waals surface area contributed by atoms with Crippen molar-refractivity contribution in [1.82, 2.24) is 9.97 Å². The Balaban J connectivity index is 1.92. The number of nitrogens with one attached hydrogen (secondary N) is 1. The second kappa shape index (κ2) is 5.05. The van der Waals surface area contributed by atoms with Gasteiger partial charge in [0.1, 0.15) is 12.1 Å². The minimum absolute atomic E-state index is 0.534. The van der Waals surface area contributed by atoms with Crippen molar-refractivity contribution in [3.8, 4) is 0 Å². The molecule has 21 heavy (non-hydrogen) atoms. The van der Waals surface area contributed by atoms with E-state index in [1.807, 2.05) is 24.3 Å². The molecule has 0 aliphatic heterocycles. The Morgan fingerprint density at radius 1 is 0.857 bits per heavy atom. The number of para-hydroxylation sites is 1. The first kappa shape index (κ1) is 13.4. The highest BCUT2D eigenvalue weighted by molar-refractivity contribution is 5.90. The van der Waals surface area contributed by atoms with Crippen LogP contribution in [0.25, 0.3) is 10.9 Å². The van der Waals surface area contributed by atoms with E-state index in [9.17, 15) is 13.2 Å². The first-order valence-corrected chi connectivity index (χ1v) is 6.18. The van der Waals surface area contributed by atoms with Crippen LogP contribution in [0.5, 0.6) is 0 Å². The summed E-state index contributed by atoms with van der Waals surface area (Å²) in [6.07, 6.45) is -2.92. The van der Waals surface area contributed by atoms with E-state index in [1.54, 1.807) is 0 Å². The smallest absolute Gasteiger partial charge is 0.340 e. The quantitative estimate of drug-likeness (QED) is 0.760. The Kier molecular flexibility index (Phi) is 3.21. The van der Waals surface area contributed by atoms with Gasteiger partial charge in [0, 0.05) is 11.1 Å². The number of fused-ring (bicyclic) bond motifs is 1. The minimum Gasteiger partial charge on any atom is -0.340 e. The Hall–Kier alpha value is -2.63. The third kappa shape index (κ3) is 2.79. The van der Waals surface area contributed by atoms with Crippen LogP contribution in [0.1, 0.15) is 5.56 Å². The van der Waals surface area contributed by atoms with Crippen LogP contribution in [-0.4, -0.2) is 9.97 Å². The Bertz CT molecular complexity index is 762. The van der Waals surface area contributed by atoms with Gasteiger partial charge in [-0.05, 0) is 36.4 Å². The fourth-order valence-corrected chi connectivity index (χ4v) is 1.98. The fourth-order valence-electron chi connectivity index (χ4n) is 1.98. The molecule has 0 aliphatic rings. The molecule has 3 nitrogen and oxygen atoms in total. The number of benzene rings is 2. The summed E-state index contributed by atoms with van der Waals surface area (Å²) >= 11 is 0. The van der Waals surface area contributed by atoms with Crippen molar-refractivity contribution >= 4 is 22.4 Å². The van der Waals surface area contributed by atoms with Gasteiger partial charge < -0.3 is 5.32 Å². The second-order valence-corrected chi connectivity index (χ2v) is 4.44. The van der Waals surface area contributed by atoms with Gasteiger partial charge in [0.15, 0.2) is 0 Å². The predicted molar refractivity (Wildman–Crippen MR) is 74.3 cm³/mol. The SMILES string of the molecule is FC(F)(F)c1ccc(Nc2ncnc3ccccc23)cc1. The van der Waals surface area contributed by atoms with Gasteiger partial charge in [0.05, 0.1) is 11.1 Å². The van der Waals surface area contributed by atoms with E-state index in [1.165, 1.54) is 18.5 Å². The third-order valence-electron chi connectivity index (χ3n) is 3.02. The third-order valence-corrected chi connectivity index (χ3v) is 3.02. The van der Waals surface area contributed by atoms with Crippen molar-refractivity contribution in [2.24, 2.45) is 0 Å². The highest BCUT2D eigenvalue weighted by atomic mass is 19.4. The van der Waals surface area contributed by atoms with Crippen LogP contribution in [0.15, 0.2) is 54.9 Å². The van der Waals surface area contributed by atoms with Crippen LogP contribution in [0, 0.1) is 0 Å². The Morgan fingerprint density at radius 2 is 1.57 bits per heavy atom. The van der Waals surface area contributed by atoms with Crippen molar-refractivity contribution < 1.29 is 13.2 Å². The molecule has 0 radical (unpaired) electrons. The maximum Gasteiger partial charge on any atom is 0.416 e. The summed E-state index contributed by atoms with van der Waals surface area (Å²) in [6, 6.07) is 12.2. The van der Waals surface area contributed by atoms with E-state index < -0.39 is 11.7 Å². The molecule has 0 saturated carbocycles. The van der Waals surface area contributed by atoms with Crippen LogP contribution < -0.4 is 5.32 Å². The number of halogens is 3. The van der Waals surface area contributed by atoms with Gasteiger partial charge in [-0.1, -0.05) is 12.1 Å². The molecule has 0 bridgehead atoms. The molecule has 1 heterocycles. The topological polar surface area (TPSA) is 37.8 Å². The molecule has 0 fully saturated rings. The lowest BCUT2D eigenvalue weighted by atomic mass is 10.2. The highest BCUT2D eigenvalue weighted by Gasteiger charge is 2.29. The summed E-state index contributed by atoms with van der Waals surface area (Å²) in [5.41, 5.74) is 0.620. The van der Waals surface area contributed by atoms with E-state index in [2.05, 4.69) is 15.3 Å². The standard InChI is InChI=1S/C15H10F3N3/c16-15(17,18)10-5-7-11(8-6-10)21-14-12-3-1-2-4-13(12)19-9-20-14/h1-9H,(H,19,20,21). The molecule has 6 heteroatoms. The van der Waals surface area contributed by atoms with Gasteiger partial charge in [0.25, 0.3) is 0 Å². The van der Waals surface area contributed by atoms with Crippen molar-refractivity contribution in [3.63, 3.8) is 0 Å². The maximum absolute atomic E-state index is 12.5. The summed E-state index contributed by atoms with van der Waals surface area (Å²) in [7, 11) is 0. The van der Waals surface area contributed by atoms with Gasteiger partial charge in [0.2, 0.25) is 0 Å². The van der Waals surface area contributed by atoms with Crippen molar-refractivity contribution in [3.05, 3.63) is 60.4 Å². The summed E-state index contributed by atoms with van der Waals surface area (Å²) in [4.78, 5) is 8.26. The van der Waals surface area contributed by atoms with E-state index in [4.69, 9.17) is 0 Å². The summed E-state index contributed by atoms with van der Waals surface area (Å²) in [5.74, 6) is 0.556. The molecule has 3 rings (SSSR count). The number of aromatic nitrogens is 2. The zero-order valence-electron chi connectivity index (χ0n) is 10.7. The minimum atomic E-state index is -4.33. The number of hydrogen-bond acceptors (Lipinski definition) is 3. The number of alkyl halides is 3. The summed E-state index contributed by atoms with van der Waals surface area (Å²) < 4.78 is 37.5. The van der Waals surface area contributed by atoms with Gasteiger partial charge in [-0.3, -0.25) is 0 Å². The molecule has 106 valence electrons. The normalized spacial score (nSPS) is 11.6. The first-order chi connectivity index (χ1) is 10.0. The van der Waals surface area contributed by atoms with Crippen LogP contribution in [0.4, 0.5) is 24.7 Å². The van der Waals surface area contributed by atoms with Gasteiger partial charge in [-0.15, -0.1) is 0 Å². The van der Waals surface area contributed by atoms with E-state index in [0.29, 0.717) is 11.5 Å². The molecule has 0 amide bonds. The number of hydrogen-bond donors (Lipinski definition) is 1. The molecular formula is C15H10F3N3. The molecule has 1 aromatic heterocycles. The van der Waals surface area contributed by atoms with Crippen LogP contribution >= 0.6 is 0 Å². The van der Waals surface area contributed by atoms with Crippen LogP contribution in [0.3, 0.4) is 0 Å². The van der Waals surface area contributed by atoms with Crippen molar-refractivity contribution in [2.75, 3.05) is 5.32 Å². The average Bonchev–Trinajstić information content (AvgIpc) is 2.47. The number of nitrogens with zero attached hydrogens (tertiary/aromatic N) is 2. The van der Waals surface area contributed by atoms with Crippen molar-refractivity contribution in [1.29, 1.82) is 0 Å². The van der Waals surface area contributed by atoms with Gasteiger partial charge in [-0.25, -0.2) is 9.97 Å². The lowest BCUT2D eigenvalue weighted by Gasteiger charge is -2.10. The number of rotatable bonds is 2. The molecule has 2 aromatic carbocycles. The van der Waals surface area contributed by atoms with Crippen molar-refractivity contribution in [2.45, 2.75) is 6.18 Å². The molecule has 0 aliphatic carbocycles. The van der Waals surface area contributed by atoms with E-state index in [0.717, 1.165) is 23.0 Å². The Labute approximate surface area is 118 Å². The molecule has 0 saturated heterocycles. The summed E-state index contributed by atoms with van der Waals surface area (Å²) in [6.45, 7) is 0. The Morgan fingerprint density at radius 3 is 2.29 bits per heavy atom. The van der Waals surface area contributed by atoms with E-state index >= 15 is 0 Å². The molecule has 0 atom stereocenters.